The van der Waals surface area contributed by atoms with Gasteiger partial charge in [0, 0.05) is 31.1 Å². The molecule has 150 valence electrons. The quantitative estimate of drug-likeness (QED) is 0.601. The van der Waals surface area contributed by atoms with Crippen LogP contribution < -0.4 is 5.32 Å². The Morgan fingerprint density at radius 3 is 2.48 bits per heavy atom. The van der Waals surface area contributed by atoms with Crippen molar-refractivity contribution in [2.45, 2.75) is 52.4 Å². The van der Waals surface area contributed by atoms with Gasteiger partial charge in [0.05, 0.1) is 12.2 Å². The summed E-state index contributed by atoms with van der Waals surface area (Å²) in [5.41, 5.74) is 1.92. The number of likely N-dealkylation sites (N-methyl/N-ethyl adjacent to an activating group) is 1. The number of thiocarbonyl (C=S) groups is 1. The van der Waals surface area contributed by atoms with Gasteiger partial charge in [-0.15, -0.1) is 11.3 Å². The third-order valence-corrected chi connectivity index (χ3v) is 7.05. The van der Waals surface area contributed by atoms with Crippen molar-refractivity contribution in [2.75, 3.05) is 44.6 Å². The summed E-state index contributed by atoms with van der Waals surface area (Å²) in [6, 6.07) is 0. The molecule has 1 N–H and O–H groups in total. The number of thiophene rings is 1. The summed E-state index contributed by atoms with van der Waals surface area (Å²) in [6.07, 6.45) is 6.85. The minimum Gasteiger partial charge on any atom is -0.462 e. The number of piperazine rings is 1. The van der Waals surface area contributed by atoms with E-state index in [0.717, 1.165) is 67.7 Å². The average molecular weight is 410 g/mol. The molecule has 1 aliphatic heterocycles. The molecule has 0 unspecified atom stereocenters. The number of esters is 1. The Hall–Kier alpha value is -1.18. The highest BCUT2D eigenvalue weighted by molar-refractivity contribution is 7.80. The predicted molar refractivity (Wildman–Crippen MR) is 116 cm³/mol. The second-order valence-electron chi connectivity index (χ2n) is 7.19. The van der Waals surface area contributed by atoms with Gasteiger partial charge in [-0.25, -0.2) is 4.79 Å². The van der Waals surface area contributed by atoms with Crippen LogP contribution in [-0.4, -0.2) is 60.2 Å². The largest absolute Gasteiger partial charge is 0.462 e. The maximum Gasteiger partial charge on any atom is 0.341 e. The van der Waals surface area contributed by atoms with Gasteiger partial charge in [0.1, 0.15) is 5.00 Å². The number of ether oxygens (including phenoxy) is 1. The van der Waals surface area contributed by atoms with E-state index in [9.17, 15) is 4.79 Å². The number of rotatable bonds is 4. The number of aryl methyl sites for hydroxylation is 1. The zero-order valence-corrected chi connectivity index (χ0v) is 18.1. The molecule has 2 heterocycles. The fourth-order valence-corrected chi connectivity index (χ4v) is 5.50. The fourth-order valence-electron chi connectivity index (χ4n) is 3.87. The van der Waals surface area contributed by atoms with E-state index in [2.05, 4.69) is 22.0 Å². The normalized spacial score (nSPS) is 18.4. The first-order valence-corrected chi connectivity index (χ1v) is 11.5. The number of nitrogens with one attached hydrogen (secondary N) is 1. The smallest absolute Gasteiger partial charge is 0.341 e. The second-order valence-corrected chi connectivity index (χ2v) is 8.69. The van der Waals surface area contributed by atoms with E-state index >= 15 is 0 Å². The Morgan fingerprint density at radius 2 is 1.81 bits per heavy atom. The number of carbonyl (C=O) groups is 1. The molecule has 0 atom stereocenters. The topological polar surface area (TPSA) is 44.8 Å². The highest BCUT2D eigenvalue weighted by Crippen LogP contribution is 2.37. The lowest BCUT2D eigenvalue weighted by Gasteiger charge is -2.35. The Morgan fingerprint density at radius 1 is 1.11 bits per heavy atom. The molecule has 0 aromatic carbocycles. The molecule has 7 heteroatoms. The van der Waals surface area contributed by atoms with Gasteiger partial charge in [-0.3, -0.25) is 0 Å². The van der Waals surface area contributed by atoms with Crippen molar-refractivity contribution >= 4 is 39.6 Å². The molecular formula is C20H31N3O2S2. The molecule has 1 aliphatic carbocycles. The molecule has 1 aromatic heterocycles. The average Bonchev–Trinajstić information content (AvgIpc) is 2.98. The van der Waals surface area contributed by atoms with Crippen LogP contribution in [0, 0.1) is 0 Å². The lowest BCUT2D eigenvalue weighted by atomic mass is 9.96. The van der Waals surface area contributed by atoms with E-state index < -0.39 is 0 Å². The minimum atomic E-state index is -0.211. The van der Waals surface area contributed by atoms with Gasteiger partial charge in [0.15, 0.2) is 5.11 Å². The van der Waals surface area contributed by atoms with Crippen LogP contribution >= 0.6 is 23.6 Å². The van der Waals surface area contributed by atoms with Crippen molar-refractivity contribution < 1.29 is 9.53 Å². The second kappa shape index (κ2) is 9.85. The predicted octanol–water partition coefficient (Wildman–Crippen LogP) is 3.92. The zero-order valence-electron chi connectivity index (χ0n) is 16.5. The summed E-state index contributed by atoms with van der Waals surface area (Å²) in [7, 11) is 0. The van der Waals surface area contributed by atoms with Crippen molar-refractivity contribution in [3.63, 3.8) is 0 Å². The molecule has 0 amide bonds. The van der Waals surface area contributed by atoms with Crippen LogP contribution in [0.5, 0.6) is 0 Å². The van der Waals surface area contributed by atoms with Crippen molar-refractivity contribution in [1.29, 1.82) is 0 Å². The molecule has 3 rings (SSSR count). The van der Waals surface area contributed by atoms with Gasteiger partial charge in [-0.1, -0.05) is 19.8 Å². The number of hydrogen-bond donors (Lipinski definition) is 1. The Labute approximate surface area is 172 Å². The molecule has 2 aliphatic rings. The summed E-state index contributed by atoms with van der Waals surface area (Å²) in [4.78, 5) is 18.7. The van der Waals surface area contributed by atoms with Crippen LogP contribution in [0.1, 0.15) is 60.3 Å². The van der Waals surface area contributed by atoms with E-state index in [1.807, 2.05) is 6.92 Å². The zero-order chi connectivity index (χ0) is 19.2. The lowest BCUT2D eigenvalue weighted by molar-refractivity contribution is 0.0526. The number of nitrogens with zero attached hydrogens (tertiary/aromatic N) is 2. The number of anilines is 1. The first-order valence-electron chi connectivity index (χ1n) is 10.2. The van der Waals surface area contributed by atoms with E-state index in [4.69, 9.17) is 17.0 Å². The van der Waals surface area contributed by atoms with Crippen molar-refractivity contribution in [1.82, 2.24) is 9.80 Å². The lowest BCUT2D eigenvalue weighted by Crippen LogP contribution is -2.49. The Balaban J connectivity index is 1.80. The van der Waals surface area contributed by atoms with E-state index in [1.165, 1.54) is 29.7 Å². The molecule has 0 bridgehead atoms. The monoisotopic (exact) mass is 409 g/mol. The van der Waals surface area contributed by atoms with Crippen LogP contribution in [-0.2, 0) is 17.6 Å². The SMILES string of the molecule is CCOC(=O)c1c(NC(=S)N2CCN(CC)CC2)sc2c1CCCCCC2. The van der Waals surface area contributed by atoms with Gasteiger partial charge in [0.25, 0.3) is 0 Å². The van der Waals surface area contributed by atoms with Gasteiger partial charge < -0.3 is 19.9 Å². The van der Waals surface area contributed by atoms with Crippen LogP contribution in [0.2, 0.25) is 0 Å². The molecule has 1 saturated heterocycles. The number of hydrogen-bond acceptors (Lipinski definition) is 5. The summed E-state index contributed by atoms with van der Waals surface area (Å²) in [5.74, 6) is -0.211. The number of fused-ring (bicyclic) bond motifs is 1. The summed E-state index contributed by atoms with van der Waals surface area (Å²) >= 11 is 7.39. The Bertz CT molecular complexity index is 666. The van der Waals surface area contributed by atoms with Crippen LogP contribution in [0.3, 0.4) is 0 Å². The molecular weight excluding hydrogens is 378 g/mol. The first kappa shape index (κ1) is 20.6. The fraction of sp³-hybridized carbons (Fsp3) is 0.700. The van der Waals surface area contributed by atoms with E-state index in [1.54, 1.807) is 11.3 Å². The molecule has 0 spiro atoms. The summed E-state index contributed by atoms with van der Waals surface area (Å²) in [5, 5.41) is 5.01. The third-order valence-electron chi connectivity index (χ3n) is 5.48. The minimum absolute atomic E-state index is 0.211. The molecule has 27 heavy (non-hydrogen) atoms. The highest BCUT2D eigenvalue weighted by atomic mass is 32.1. The van der Waals surface area contributed by atoms with Crippen molar-refractivity contribution in [2.24, 2.45) is 0 Å². The maximum absolute atomic E-state index is 12.7. The van der Waals surface area contributed by atoms with Gasteiger partial charge in [-0.05, 0) is 56.9 Å². The first-order chi connectivity index (χ1) is 13.1. The van der Waals surface area contributed by atoms with Crippen molar-refractivity contribution in [3.05, 3.63) is 16.0 Å². The summed E-state index contributed by atoms with van der Waals surface area (Å²) < 4.78 is 5.38. The molecule has 1 aromatic rings. The van der Waals surface area contributed by atoms with Gasteiger partial charge >= 0.3 is 5.97 Å². The van der Waals surface area contributed by atoms with Gasteiger partial charge in [-0.2, -0.15) is 0 Å². The standard InChI is InChI=1S/C20H31N3O2S2/c1-3-22-11-13-23(14-12-22)20(26)21-18-17(19(24)25-4-2)15-9-7-5-6-8-10-16(15)27-18/h3-14H2,1-2H3,(H,21,26). The van der Waals surface area contributed by atoms with Crippen LogP contribution in [0.15, 0.2) is 0 Å². The van der Waals surface area contributed by atoms with E-state index in [0.29, 0.717) is 6.61 Å². The number of carbonyl (C=O) groups excluding carboxylic acids is 1. The maximum atomic E-state index is 12.7. The van der Waals surface area contributed by atoms with E-state index in [-0.39, 0.29) is 5.97 Å². The molecule has 0 radical (unpaired) electrons. The third kappa shape index (κ3) is 5.00. The Kier molecular flexibility index (Phi) is 7.49. The van der Waals surface area contributed by atoms with Crippen molar-refractivity contribution in [3.8, 4) is 0 Å². The van der Waals surface area contributed by atoms with Gasteiger partial charge in [0.2, 0.25) is 0 Å². The molecule has 1 fully saturated rings. The molecule has 5 nitrogen and oxygen atoms in total. The van der Waals surface area contributed by atoms with Crippen LogP contribution in [0.25, 0.3) is 0 Å². The molecule has 0 saturated carbocycles. The highest BCUT2D eigenvalue weighted by Gasteiger charge is 2.27. The summed E-state index contributed by atoms with van der Waals surface area (Å²) in [6.45, 7) is 9.45. The van der Waals surface area contributed by atoms with Crippen LogP contribution in [0.4, 0.5) is 5.00 Å².